The molecule has 0 spiro atoms. The Morgan fingerprint density at radius 2 is 1.22 bits per heavy atom. The van der Waals surface area contributed by atoms with Gasteiger partial charge in [-0.15, -0.1) is 0 Å². The molecule has 0 fully saturated rings. The summed E-state index contributed by atoms with van der Waals surface area (Å²) in [7, 11) is -5.24. The van der Waals surface area contributed by atoms with Crippen molar-refractivity contribution < 1.29 is 23.0 Å². The zero-order chi connectivity index (χ0) is 7.28. The highest BCUT2D eigenvalue weighted by molar-refractivity contribution is 7.31. The van der Waals surface area contributed by atoms with Gasteiger partial charge in [-0.1, -0.05) is 0 Å². The molecular weight excluding hydrogens is 166 g/mol. The van der Waals surface area contributed by atoms with Crippen LogP contribution >= 0.6 is 15.4 Å². The highest BCUT2D eigenvalue weighted by Crippen LogP contribution is 2.07. The fourth-order valence-electron chi connectivity index (χ4n) is 0.190. The van der Waals surface area contributed by atoms with Gasteiger partial charge in [-0.25, -0.2) is 18.3 Å². The third-order valence-electron chi connectivity index (χ3n) is 0.393. The molecule has 0 rings (SSSR count). The number of rotatable bonds is 4. The highest BCUT2D eigenvalue weighted by atomic mass is 31.1. The van der Waals surface area contributed by atoms with Crippen LogP contribution in [0.15, 0.2) is 0 Å². The molecule has 5 nitrogen and oxygen atoms in total. The second-order valence-corrected chi connectivity index (χ2v) is 2.98. The summed E-state index contributed by atoms with van der Waals surface area (Å²) in [6.07, 6.45) is -1.06. The lowest BCUT2D eigenvalue weighted by atomic mass is 11.5. The molecule has 0 N–H and O–H groups in total. The predicted molar refractivity (Wildman–Crippen MR) is 27.4 cm³/mol. The molecule has 52 valence electrons. The Morgan fingerprint density at radius 1 is 0.889 bits per heavy atom. The van der Waals surface area contributed by atoms with Gasteiger partial charge in [0.15, 0.2) is 12.7 Å². The van der Waals surface area contributed by atoms with Crippen LogP contribution in [-0.4, -0.2) is 12.7 Å². The van der Waals surface area contributed by atoms with Crippen molar-refractivity contribution in [3.63, 3.8) is 0 Å². The lowest BCUT2D eigenvalue weighted by Crippen LogP contribution is -1.82. The third kappa shape index (κ3) is 7.76. The van der Waals surface area contributed by atoms with Crippen molar-refractivity contribution in [2.75, 3.05) is 12.7 Å². The smallest absolute Gasteiger partial charge is 0.342 e. The van der Waals surface area contributed by atoms with E-state index in [1.54, 1.807) is 0 Å². The summed E-state index contributed by atoms with van der Waals surface area (Å²) in [5.74, 6) is 0. The quantitative estimate of drug-likeness (QED) is 0.593. The van der Waals surface area contributed by atoms with Gasteiger partial charge in [0.25, 0.3) is 0 Å². The fraction of sp³-hybridized carbons (Fsp3) is 1.00. The molecule has 0 saturated heterocycles. The molecule has 0 aliphatic heterocycles. The standard InChI is InChI=1S/C2H4O5P2/c3-8(4)1-7-2-9(5)6/h1-2H2. The first-order chi connectivity index (χ1) is 4.13. The largest absolute Gasteiger partial charge is 0.351 e. The van der Waals surface area contributed by atoms with E-state index in [4.69, 9.17) is 0 Å². The topological polar surface area (TPSA) is 77.5 Å². The monoisotopic (exact) mass is 170 g/mol. The van der Waals surface area contributed by atoms with Gasteiger partial charge < -0.3 is 4.74 Å². The van der Waals surface area contributed by atoms with E-state index in [1.807, 2.05) is 0 Å². The first kappa shape index (κ1) is 8.76. The van der Waals surface area contributed by atoms with Crippen LogP contribution in [0.3, 0.4) is 0 Å². The molecule has 0 unspecified atom stereocenters. The maximum atomic E-state index is 9.70. The number of hydrogen-bond acceptors (Lipinski definition) is 5. The van der Waals surface area contributed by atoms with Gasteiger partial charge in [-0.2, -0.15) is 0 Å². The lowest BCUT2D eigenvalue weighted by molar-refractivity contribution is 0.221. The average molecular weight is 170 g/mol. The summed E-state index contributed by atoms with van der Waals surface area (Å²) < 4.78 is 42.9. The molecule has 0 amide bonds. The van der Waals surface area contributed by atoms with Crippen LogP contribution in [0.4, 0.5) is 0 Å². The van der Waals surface area contributed by atoms with Crippen molar-refractivity contribution in [3.8, 4) is 0 Å². The molecule has 0 aromatic rings. The van der Waals surface area contributed by atoms with Gasteiger partial charge in [-0.3, -0.25) is 0 Å². The Morgan fingerprint density at radius 3 is 1.44 bits per heavy atom. The zero-order valence-electron chi connectivity index (χ0n) is 4.35. The molecule has 0 bridgehead atoms. The molecular formula is C2H4O5P2. The van der Waals surface area contributed by atoms with Crippen molar-refractivity contribution in [2.45, 2.75) is 0 Å². The first-order valence-electron chi connectivity index (χ1n) is 1.94. The van der Waals surface area contributed by atoms with Gasteiger partial charge in [0, 0.05) is 0 Å². The molecule has 9 heavy (non-hydrogen) atoms. The normalized spacial score (nSPS) is 8.89. The zero-order valence-corrected chi connectivity index (χ0v) is 6.14. The molecule has 0 saturated carbocycles. The summed E-state index contributed by atoms with van der Waals surface area (Å²) in [4.78, 5) is 0. The van der Waals surface area contributed by atoms with E-state index < -0.39 is 28.1 Å². The summed E-state index contributed by atoms with van der Waals surface area (Å²) in [6, 6.07) is 0. The minimum Gasteiger partial charge on any atom is -0.351 e. The SMILES string of the molecule is O=P(=O)COCP(=O)=O. The van der Waals surface area contributed by atoms with Gasteiger partial charge >= 0.3 is 15.4 Å². The molecule has 0 aliphatic rings. The Balaban J connectivity index is 3.31. The maximum absolute atomic E-state index is 9.70. The van der Waals surface area contributed by atoms with Crippen molar-refractivity contribution >= 4 is 15.4 Å². The predicted octanol–water partition coefficient (Wildman–Crippen LogP) is 1.26. The minimum absolute atomic E-state index is 0.529. The molecule has 0 aromatic carbocycles. The maximum Gasteiger partial charge on any atom is 0.342 e. The second kappa shape index (κ2) is 4.62. The minimum atomic E-state index is -2.62. The number of hydrogen-bond donors (Lipinski definition) is 0. The van der Waals surface area contributed by atoms with E-state index in [-0.39, 0.29) is 0 Å². The third-order valence-corrected chi connectivity index (χ3v) is 1.18. The van der Waals surface area contributed by atoms with Crippen LogP contribution in [0.1, 0.15) is 0 Å². The van der Waals surface area contributed by atoms with Crippen molar-refractivity contribution in [1.82, 2.24) is 0 Å². The van der Waals surface area contributed by atoms with E-state index in [9.17, 15) is 18.3 Å². The van der Waals surface area contributed by atoms with E-state index in [0.29, 0.717) is 0 Å². The summed E-state index contributed by atoms with van der Waals surface area (Å²) >= 11 is 0. The molecule has 0 radical (unpaired) electrons. The van der Waals surface area contributed by atoms with Crippen LogP contribution in [0, 0.1) is 0 Å². The fourth-order valence-corrected chi connectivity index (χ4v) is 0.815. The van der Waals surface area contributed by atoms with Crippen LogP contribution in [0.2, 0.25) is 0 Å². The van der Waals surface area contributed by atoms with Crippen LogP contribution in [0.5, 0.6) is 0 Å². The van der Waals surface area contributed by atoms with Crippen molar-refractivity contribution in [2.24, 2.45) is 0 Å². The Bertz CT molecular complexity index is 163. The summed E-state index contributed by atoms with van der Waals surface area (Å²) in [5.41, 5.74) is 0. The molecule has 0 atom stereocenters. The van der Waals surface area contributed by atoms with E-state index in [0.717, 1.165) is 0 Å². The number of ether oxygens (including phenoxy) is 1. The summed E-state index contributed by atoms with van der Waals surface area (Å²) in [5, 5.41) is 0. The molecule has 0 aromatic heterocycles. The van der Waals surface area contributed by atoms with Crippen LogP contribution in [0.25, 0.3) is 0 Å². The van der Waals surface area contributed by atoms with E-state index in [2.05, 4.69) is 4.74 Å². The molecule has 0 aliphatic carbocycles. The van der Waals surface area contributed by atoms with Crippen LogP contribution in [-0.2, 0) is 23.0 Å². The van der Waals surface area contributed by atoms with E-state index >= 15 is 0 Å². The lowest BCUT2D eigenvalue weighted by Gasteiger charge is -1.83. The molecule has 7 heteroatoms. The Kier molecular flexibility index (Phi) is 4.50. The van der Waals surface area contributed by atoms with E-state index in [1.165, 1.54) is 0 Å². The van der Waals surface area contributed by atoms with Crippen molar-refractivity contribution in [1.29, 1.82) is 0 Å². The van der Waals surface area contributed by atoms with Gasteiger partial charge in [0.1, 0.15) is 0 Å². The van der Waals surface area contributed by atoms with Gasteiger partial charge in [0.2, 0.25) is 0 Å². The first-order valence-corrected chi connectivity index (χ1v) is 4.67. The average Bonchev–Trinajstić information content (AvgIpc) is 1.63. The van der Waals surface area contributed by atoms with Crippen molar-refractivity contribution in [3.05, 3.63) is 0 Å². The molecule has 0 heterocycles. The Labute approximate surface area is 52.0 Å². The Hall–Kier alpha value is -0.240. The van der Waals surface area contributed by atoms with Gasteiger partial charge in [-0.05, 0) is 0 Å². The summed E-state index contributed by atoms with van der Waals surface area (Å²) in [6.45, 7) is 0. The van der Waals surface area contributed by atoms with Crippen LogP contribution < -0.4 is 0 Å². The van der Waals surface area contributed by atoms with Gasteiger partial charge in [0.05, 0.1) is 0 Å². The highest BCUT2D eigenvalue weighted by Gasteiger charge is 1.93. The second-order valence-electron chi connectivity index (χ2n) is 1.13.